The molecule has 3 aromatic carbocycles. The van der Waals surface area contributed by atoms with E-state index in [-0.39, 0.29) is 5.91 Å². The van der Waals surface area contributed by atoms with Crippen LogP contribution >= 0.6 is 11.3 Å². The lowest BCUT2D eigenvalue weighted by Crippen LogP contribution is -2.36. The molecule has 2 heterocycles. The van der Waals surface area contributed by atoms with Crippen LogP contribution < -0.4 is 16.4 Å². The van der Waals surface area contributed by atoms with E-state index in [2.05, 4.69) is 33.5 Å². The average molecular weight is 443 g/mol. The first-order valence-corrected chi connectivity index (χ1v) is 10.9. The van der Waals surface area contributed by atoms with Gasteiger partial charge in [0.25, 0.3) is 5.91 Å². The van der Waals surface area contributed by atoms with Gasteiger partial charge in [0.2, 0.25) is 0 Å². The molecule has 5 rings (SSSR count). The maximum absolute atomic E-state index is 12.8. The van der Waals surface area contributed by atoms with Gasteiger partial charge in [-0.25, -0.2) is 4.98 Å². The molecule has 0 bridgehead atoms. The number of fused-ring (bicyclic) bond motifs is 2. The molecule has 0 saturated carbocycles. The maximum Gasteiger partial charge on any atom is 0.316 e. The van der Waals surface area contributed by atoms with Crippen molar-refractivity contribution in [1.29, 1.82) is 0 Å². The molecule has 2 N–H and O–H groups in total. The Morgan fingerprint density at radius 1 is 1.06 bits per heavy atom. The first-order valence-electron chi connectivity index (χ1n) is 10.1. The summed E-state index contributed by atoms with van der Waals surface area (Å²) >= 11 is 1.34. The van der Waals surface area contributed by atoms with Gasteiger partial charge in [-0.2, -0.15) is 0 Å². The van der Waals surface area contributed by atoms with Crippen molar-refractivity contribution in [3.63, 3.8) is 0 Å². The SMILES string of the molecule is CCn1c(=O)c(=O)[nH]c2cc(C(=O)Nc3nc(-c4ccc5ccccc5c4)cs3)ccc21. The molecular weight excluding hydrogens is 424 g/mol. The zero-order valence-electron chi connectivity index (χ0n) is 17.1. The van der Waals surface area contributed by atoms with Gasteiger partial charge in [-0.05, 0) is 42.0 Å². The van der Waals surface area contributed by atoms with E-state index in [9.17, 15) is 14.4 Å². The number of H-pyrrole nitrogens is 1. The summed E-state index contributed by atoms with van der Waals surface area (Å²) in [5.41, 5.74) is 1.80. The lowest BCUT2D eigenvalue weighted by Gasteiger charge is -2.08. The normalized spacial score (nSPS) is 11.2. The number of thiazole rings is 1. The molecule has 0 unspecified atom stereocenters. The second kappa shape index (κ2) is 7.90. The second-order valence-corrected chi connectivity index (χ2v) is 8.15. The second-order valence-electron chi connectivity index (χ2n) is 7.29. The van der Waals surface area contributed by atoms with Gasteiger partial charge in [0, 0.05) is 23.1 Å². The molecule has 0 saturated heterocycles. The zero-order chi connectivity index (χ0) is 22.2. The molecule has 0 radical (unpaired) electrons. The summed E-state index contributed by atoms with van der Waals surface area (Å²) in [7, 11) is 0. The highest BCUT2D eigenvalue weighted by Gasteiger charge is 2.13. The molecule has 0 atom stereocenters. The number of nitrogens with zero attached hydrogens (tertiary/aromatic N) is 2. The topological polar surface area (TPSA) is 96.9 Å². The third-order valence-electron chi connectivity index (χ3n) is 5.32. The number of hydrogen-bond donors (Lipinski definition) is 2. The van der Waals surface area contributed by atoms with Crippen LogP contribution in [0, 0.1) is 0 Å². The van der Waals surface area contributed by atoms with Crippen molar-refractivity contribution >= 4 is 44.2 Å². The van der Waals surface area contributed by atoms with Crippen LogP contribution in [0.25, 0.3) is 33.1 Å². The number of amides is 1. The number of carbonyl (C=O) groups excluding carboxylic acids is 1. The Morgan fingerprint density at radius 3 is 2.69 bits per heavy atom. The monoisotopic (exact) mass is 442 g/mol. The van der Waals surface area contributed by atoms with Crippen LogP contribution in [0.15, 0.2) is 75.6 Å². The van der Waals surface area contributed by atoms with E-state index in [0.29, 0.717) is 28.3 Å². The fourth-order valence-electron chi connectivity index (χ4n) is 3.72. The number of anilines is 1. The van der Waals surface area contributed by atoms with Gasteiger partial charge in [0.15, 0.2) is 5.13 Å². The van der Waals surface area contributed by atoms with E-state index in [1.54, 1.807) is 25.1 Å². The van der Waals surface area contributed by atoms with Crippen molar-refractivity contribution in [1.82, 2.24) is 14.5 Å². The quantitative estimate of drug-likeness (QED) is 0.407. The van der Waals surface area contributed by atoms with E-state index in [1.165, 1.54) is 15.9 Å². The highest BCUT2D eigenvalue weighted by Crippen LogP contribution is 2.28. The van der Waals surface area contributed by atoms with Crippen molar-refractivity contribution in [2.24, 2.45) is 0 Å². The molecule has 0 aliphatic carbocycles. The van der Waals surface area contributed by atoms with Gasteiger partial charge in [-0.1, -0.05) is 36.4 Å². The lowest BCUT2D eigenvalue weighted by atomic mass is 10.1. The predicted molar refractivity (Wildman–Crippen MR) is 128 cm³/mol. The molecule has 5 aromatic rings. The van der Waals surface area contributed by atoms with Crippen molar-refractivity contribution in [2.45, 2.75) is 13.5 Å². The Labute approximate surface area is 186 Å². The summed E-state index contributed by atoms with van der Waals surface area (Å²) in [6.45, 7) is 2.15. The highest BCUT2D eigenvalue weighted by atomic mass is 32.1. The molecule has 2 aromatic heterocycles. The third kappa shape index (κ3) is 3.50. The number of benzene rings is 3. The highest BCUT2D eigenvalue weighted by molar-refractivity contribution is 7.14. The summed E-state index contributed by atoms with van der Waals surface area (Å²) in [4.78, 5) is 43.8. The van der Waals surface area contributed by atoms with Gasteiger partial charge < -0.3 is 9.55 Å². The maximum atomic E-state index is 12.8. The number of hydrogen-bond acceptors (Lipinski definition) is 5. The van der Waals surface area contributed by atoms with Crippen LogP contribution in [-0.2, 0) is 6.54 Å². The van der Waals surface area contributed by atoms with Crippen LogP contribution in [0.1, 0.15) is 17.3 Å². The van der Waals surface area contributed by atoms with Crippen molar-refractivity contribution in [3.05, 3.63) is 92.3 Å². The van der Waals surface area contributed by atoms with Crippen molar-refractivity contribution < 1.29 is 4.79 Å². The molecule has 158 valence electrons. The molecular formula is C24H18N4O3S. The summed E-state index contributed by atoms with van der Waals surface area (Å²) in [5.74, 6) is -0.346. The molecule has 0 aliphatic heterocycles. The molecule has 7 nitrogen and oxygen atoms in total. The summed E-state index contributed by atoms with van der Waals surface area (Å²) in [6, 6.07) is 19.1. The largest absolute Gasteiger partial charge is 0.316 e. The van der Waals surface area contributed by atoms with Crippen LogP contribution in [0.5, 0.6) is 0 Å². The smallest absolute Gasteiger partial charge is 0.316 e. The minimum absolute atomic E-state index is 0.346. The zero-order valence-corrected chi connectivity index (χ0v) is 17.9. The van der Waals surface area contributed by atoms with Gasteiger partial charge in [0.05, 0.1) is 16.7 Å². The number of carbonyl (C=O) groups is 1. The van der Waals surface area contributed by atoms with Crippen molar-refractivity contribution in [2.75, 3.05) is 5.32 Å². The fourth-order valence-corrected chi connectivity index (χ4v) is 4.43. The molecule has 8 heteroatoms. The Morgan fingerprint density at radius 2 is 1.88 bits per heavy atom. The van der Waals surface area contributed by atoms with E-state index in [0.717, 1.165) is 22.0 Å². The number of aryl methyl sites for hydroxylation is 1. The first kappa shape index (κ1) is 19.9. The van der Waals surface area contributed by atoms with Crippen LogP contribution in [0.2, 0.25) is 0 Å². The third-order valence-corrected chi connectivity index (χ3v) is 6.08. The van der Waals surface area contributed by atoms with Gasteiger partial charge in [-0.3, -0.25) is 19.7 Å². The average Bonchev–Trinajstić information content (AvgIpc) is 3.28. The molecule has 0 spiro atoms. The summed E-state index contributed by atoms with van der Waals surface area (Å²) in [6.07, 6.45) is 0. The Hall–Kier alpha value is -4.04. The van der Waals surface area contributed by atoms with E-state index < -0.39 is 11.1 Å². The minimum Gasteiger partial charge on any atom is -0.316 e. The van der Waals surface area contributed by atoms with Gasteiger partial charge in [0.1, 0.15) is 0 Å². The van der Waals surface area contributed by atoms with Crippen molar-refractivity contribution in [3.8, 4) is 11.3 Å². The molecule has 32 heavy (non-hydrogen) atoms. The molecule has 0 aliphatic rings. The molecule has 1 amide bonds. The summed E-state index contributed by atoms with van der Waals surface area (Å²) in [5, 5.41) is 7.47. The van der Waals surface area contributed by atoms with E-state index >= 15 is 0 Å². The fraction of sp³-hybridized carbons (Fsp3) is 0.0833. The van der Waals surface area contributed by atoms with Gasteiger partial charge in [-0.15, -0.1) is 11.3 Å². The summed E-state index contributed by atoms with van der Waals surface area (Å²) < 4.78 is 1.38. The van der Waals surface area contributed by atoms with Crippen LogP contribution in [-0.4, -0.2) is 20.4 Å². The van der Waals surface area contributed by atoms with Gasteiger partial charge >= 0.3 is 11.1 Å². The number of aromatic nitrogens is 3. The molecule has 0 fully saturated rings. The van der Waals surface area contributed by atoms with E-state index in [1.807, 2.05) is 29.6 Å². The van der Waals surface area contributed by atoms with Crippen LogP contribution in [0.4, 0.5) is 5.13 Å². The Kier molecular flexibility index (Phi) is 4.91. The number of aromatic amines is 1. The van der Waals surface area contributed by atoms with Crippen LogP contribution in [0.3, 0.4) is 0 Å². The Bertz CT molecular complexity index is 1610. The standard InChI is InChI=1S/C24H18N4O3S/c1-2-28-20-10-9-17(12-18(20)25-22(30)23(28)31)21(29)27-24-26-19(13-32-24)16-8-7-14-5-3-4-6-15(14)11-16/h3-13H,2H2,1H3,(H,25,30)(H,26,27,29). The number of rotatable bonds is 4. The van der Waals surface area contributed by atoms with E-state index in [4.69, 9.17) is 0 Å². The lowest BCUT2D eigenvalue weighted by molar-refractivity contribution is 0.102. The minimum atomic E-state index is -0.711. The first-order chi connectivity index (χ1) is 15.5. The number of nitrogens with one attached hydrogen (secondary N) is 2. The predicted octanol–water partition coefficient (Wildman–Crippen LogP) is 4.24. The Balaban J connectivity index is 1.42.